The van der Waals surface area contributed by atoms with Gasteiger partial charge in [0.25, 0.3) is 0 Å². The maximum Gasteiger partial charge on any atom is 0.328 e. The van der Waals surface area contributed by atoms with Gasteiger partial charge in [0.1, 0.15) is 0 Å². The second-order valence-corrected chi connectivity index (χ2v) is 5.90. The van der Waals surface area contributed by atoms with Crippen LogP contribution in [0, 0.1) is 0 Å². The molecule has 21 heavy (non-hydrogen) atoms. The van der Waals surface area contributed by atoms with Crippen LogP contribution in [0.4, 0.5) is 0 Å². The number of carboxylic acids is 2. The van der Waals surface area contributed by atoms with Gasteiger partial charge in [0.15, 0.2) is 0 Å². The van der Waals surface area contributed by atoms with Crippen LogP contribution >= 0.6 is 0 Å². The fourth-order valence-electron chi connectivity index (χ4n) is 1.46. The highest BCUT2D eigenvalue weighted by atomic mass is 32.2. The first kappa shape index (κ1) is 16.9. The molecular weight excluding hydrogens is 298 g/mol. The molecule has 0 saturated heterocycles. The van der Waals surface area contributed by atoms with Gasteiger partial charge in [0.2, 0.25) is 10.0 Å². The van der Waals surface area contributed by atoms with E-state index < -0.39 is 22.0 Å². The first-order chi connectivity index (χ1) is 9.81. The molecule has 0 aliphatic rings. The van der Waals surface area contributed by atoms with Gasteiger partial charge in [-0.25, -0.2) is 17.9 Å². The predicted molar refractivity (Wildman–Crippen MR) is 75.2 cm³/mol. The minimum Gasteiger partial charge on any atom is -0.481 e. The van der Waals surface area contributed by atoms with Gasteiger partial charge in [0, 0.05) is 19.0 Å². The Morgan fingerprint density at radius 2 is 1.76 bits per heavy atom. The lowest BCUT2D eigenvalue weighted by molar-refractivity contribution is -0.137. The summed E-state index contributed by atoms with van der Waals surface area (Å²) in [7, 11) is -3.69. The molecule has 1 aromatic carbocycles. The van der Waals surface area contributed by atoms with Crippen LogP contribution < -0.4 is 4.72 Å². The Labute approximate surface area is 122 Å². The molecule has 0 unspecified atom stereocenters. The van der Waals surface area contributed by atoms with E-state index >= 15 is 0 Å². The number of rotatable bonds is 8. The van der Waals surface area contributed by atoms with E-state index in [0.29, 0.717) is 5.56 Å². The highest BCUT2D eigenvalue weighted by Crippen LogP contribution is 2.11. The van der Waals surface area contributed by atoms with Crippen LogP contribution in [0.15, 0.2) is 35.2 Å². The standard InChI is InChI=1S/C13H15NO6S/c15-12(16)2-1-9-14-21(19,20)11-6-3-10(4-7-11)5-8-13(17)18/h3-8,14H,1-2,9H2,(H,15,16)(H,17,18). The number of nitrogens with one attached hydrogen (secondary N) is 1. The van der Waals surface area contributed by atoms with Crippen molar-refractivity contribution < 1.29 is 28.2 Å². The number of hydrogen-bond acceptors (Lipinski definition) is 4. The lowest BCUT2D eigenvalue weighted by atomic mass is 10.2. The molecule has 1 aromatic rings. The highest BCUT2D eigenvalue weighted by Gasteiger charge is 2.12. The summed E-state index contributed by atoms with van der Waals surface area (Å²) in [4.78, 5) is 20.7. The molecule has 0 aromatic heterocycles. The predicted octanol–water partition coefficient (Wildman–Crippen LogP) is 0.928. The van der Waals surface area contributed by atoms with Gasteiger partial charge < -0.3 is 10.2 Å². The molecule has 0 amide bonds. The molecule has 0 heterocycles. The Balaban J connectivity index is 2.67. The summed E-state index contributed by atoms with van der Waals surface area (Å²) in [5, 5.41) is 16.9. The molecule has 0 aliphatic heterocycles. The van der Waals surface area contributed by atoms with Gasteiger partial charge in [-0.2, -0.15) is 0 Å². The SMILES string of the molecule is O=C(O)C=Cc1ccc(S(=O)(=O)NCCCC(=O)O)cc1. The van der Waals surface area contributed by atoms with Crippen LogP contribution in [0.1, 0.15) is 18.4 Å². The van der Waals surface area contributed by atoms with E-state index in [2.05, 4.69) is 4.72 Å². The topological polar surface area (TPSA) is 121 Å². The van der Waals surface area contributed by atoms with Gasteiger partial charge in [0.05, 0.1) is 4.90 Å². The number of benzene rings is 1. The monoisotopic (exact) mass is 313 g/mol. The van der Waals surface area contributed by atoms with E-state index in [0.717, 1.165) is 6.08 Å². The minimum atomic E-state index is -3.69. The van der Waals surface area contributed by atoms with Gasteiger partial charge >= 0.3 is 11.9 Å². The zero-order valence-electron chi connectivity index (χ0n) is 11.0. The number of carboxylic acid groups (broad SMARTS) is 2. The van der Waals surface area contributed by atoms with Crippen LogP contribution in [-0.4, -0.2) is 37.1 Å². The molecule has 1 rings (SSSR count). The van der Waals surface area contributed by atoms with Crippen LogP contribution in [0.2, 0.25) is 0 Å². The van der Waals surface area contributed by atoms with Crippen molar-refractivity contribution in [2.45, 2.75) is 17.7 Å². The van der Waals surface area contributed by atoms with Crippen LogP contribution in [0.3, 0.4) is 0 Å². The number of hydrogen-bond donors (Lipinski definition) is 3. The molecule has 7 nitrogen and oxygen atoms in total. The summed E-state index contributed by atoms with van der Waals surface area (Å²) < 4.78 is 26.1. The van der Waals surface area contributed by atoms with Crippen LogP contribution in [0.5, 0.6) is 0 Å². The molecule has 8 heteroatoms. The molecule has 0 radical (unpaired) electrons. The van der Waals surface area contributed by atoms with E-state index in [1.54, 1.807) is 0 Å². The van der Waals surface area contributed by atoms with Crippen LogP contribution in [0.25, 0.3) is 6.08 Å². The number of aliphatic carboxylic acids is 2. The summed E-state index contributed by atoms with van der Waals surface area (Å²) >= 11 is 0. The smallest absolute Gasteiger partial charge is 0.328 e. The number of sulfonamides is 1. The highest BCUT2D eigenvalue weighted by molar-refractivity contribution is 7.89. The van der Waals surface area contributed by atoms with E-state index in [1.165, 1.54) is 30.3 Å². The third kappa shape index (κ3) is 6.19. The second kappa shape index (κ2) is 7.55. The molecule has 3 N–H and O–H groups in total. The van der Waals surface area contributed by atoms with Crippen molar-refractivity contribution in [1.82, 2.24) is 4.72 Å². The Kier molecular flexibility index (Phi) is 6.07. The van der Waals surface area contributed by atoms with Crippen LogP contribution in [-0.2, 0) is 19.6 Å². The van der Waals surface area contributed by atoms with Gasteiger partial charge in [-0.3, -0.25) is 4.79 Å². The molecule has 0 fully saturated rings. The molecule has 0 saturated carbocycles. The lowest BCUT2D eigenvalue weighted by Gasteiger charge is -2.06. The average molecular weight is 313 g/mol. The van der Waals surface area contributed by atoms with Crippen molar-refractivity contribution >= 4 is 28.0 Å². The van der Waals surface area contributed by atoms with E-state index in [-0.39, 0.29) is 24.3 Å². The molecular formula is C13H15NO6S. The van der Waals surface area contributed by atoms with E-state index in [9.17, 15) is 18.0 Å². The lowest BCUT2D eigenvalue weighted by Crippen LogP contribution is -2.25. The minimum absolute atomic E-state index is 0.0327. The molecule has 114 valence electrons. The van der Waals surface area contributed by atoms with Crippen molar-refractivity contribution in [3.8, 4) is 0 Å². The summed E-state index contributed by atoms with van der Waals surface area (Å²) in [6.45, 7) is 0.0370. The van der Waals surface area contributed by atoms with Crippen molar-refractivity contribution in [2.75, 3.05) is 6.54 Å². The fourth-order valence-corrected chi connectivity index (χ4v) is 2.53. The Bertz CT molecular complexity index is 633. The van der Waals surface area contributed by atoms with Crippen molar-refractivity contribution in [2.24, 2.45) is 0 Å². The molecule has 0 aliphatic carbocycles. The fraction of sp³-hybridized carbons (Fsp3) is 0.231. The zero-order valence-corrected chi connectivity index (χ0v) is 11.8. The average Bonchev–Trinajstić information content (AvgIpc) is 2.41. The van der Waals surface area contributed by atoms with Gasteiger partial charge in [-0.15, -0.1) is 0 Å². The summed E-state index contributed by atoms with van der Waals surface area (Å²) in [6.07, 6.45) is 2.39. The molecule has 0 spiro atoms. The second-order valence-electron chi connectivity index (χ2n) is 4.14. The van der Waals surface area contributed by atoms with Gasteiger partial charge in [-0.1, -0.05) is 12.1 Å². The maximum atomic E-state index is 11.9. The van der Waals surface area contributed by atoms with E-state index in [4.69, 9.17) is 10.2 Å². The Hall–Kier alpha value is -2.19. The first-order valence-electron chi connectivity index (χ1n) is 6.04. The maximum absolute atomic E-state index is 11.9. The van der Waals surface area contributed by atoms with Crippen molar-refractivity contribution in [3.05, 3.63) is 35.9 Å². The largest absolute Gasteiger partial charge is 0.481 e. The Morgan fingerprint density at radius 3 is 2.29 bits per heavy atom. The third-order valence-electron chi connectivity index (χ3n) is 2.47. The first-order valence-corrected chi connectivity index (χ1v) is 7.52. The summed E-state index contributed by atoms with van der Waals surface area (Å²) in [5.41, 5.74) is 0.558. The summed E-state index contributed by atoms with van der Waals surface area (Å²) in [6, 6.07) is 5.65. The quantitative estimate of drug-likeness (QED) is 0.485. The van der Waals surface area contributed by atoms with E-state index in [1.807, 2.05) is 0 Å². The van der Waals surface area contributed by atoms with Gasteiger partial charge in [-0.05, 0) is 30.2 Å². The zero-order chi connectivity index (χ0) is 15.9. The van der Waals surface area contributed by atoms with Crippen molar-refractivity contribution in [3.63, 3.8) is 0 Å². The molecule has 0 bridgehead atoms. The van der Waals surface area contributed by atoms with Crippen molar-refractivity contribution in [1.29, 1.82) is 0 Å². The molecule has 0 atom stereocenters. The Morgan fingerprint density at radius 1 is 1.14 bits per heavy atom. The third-order valence-corrected chi connectivity index (χ3v) is 3.95. The normalized spacial score (nSPS) is 11.6. The number of carbonyl (C=O) groups is 2. The summed E-state index contributed by atoms with van der Waals surface area (Å²) in [5.74, 6) is -2.07.